The summed E-state index contributed by atoms with van der Waals surface area (Å²) in [6.45, 7) is 2.14. The molecule has 0 saturated carbocycles. The summed E-state index contributed by atoms with van der Waals surface area (Å²) in [5.41, 5.74) is 0.642. The molecule has 0 atom stereocenters. The van der Waals surface area contributed by atoms with E-state index in [4.69, 9.17) is 9.47 Å². The minimum atomic E-state index is -0.0207. The summed E-state index contributed by atoms with van der Waals surface area (Å²) in [6.07, 6.45) is 2.29. The standard InChI is InChI=1S/C14H21NO3S/c1-4-5-8-19-10-14(16)15-12-9-11(17-2)6-7-13(12)18-3/h6-7,9H,4-5,8,10H2,1-3H3,(H,15,16). The molecular weight excluding hydrogens is 262 g/mol. The van der Waals surface area contributed by atoms with Crippen LogP contribution in [-0.4, -0.2) is 31.6 Å². The molecule has 1 N–H and O–H groups in total. The molecule has 19 heavy (non-hydrogen) atoms. The number of unbranched alkanes of at least 4 members (excludes halogenated alkanes) is 1. The lowest BCUT2D eigenvalue weighted by atomic mass is 10.2. The zero-order valence-electron chi connectivity index (χ0n) is 11.7. The highest BCUT2D eigenvalue weighted by molar-refractivity contribution is 7.99. The van der Waals surface area contributed by atoms with Crippen LogP contribution in [0.15, 0.2) is 18.2 Å². The van der Waals surface area contributed by atoms with Gasteiger partial charge in [0.15, 0.2) is 0 Å². The predicted octanol–water partition coefficient (Wildman–Crippen LogP) is 3.18. The number of benzene rings is 1. The average Bonchev–Trinajstić information content (AvgIpc) is 2.43. The van der Waals surface area contributed by atoms with Crippen molar-refractivity contribution < 1.29 is 14.3 Å². The van der Waals surface area contributed by atoms with Crippen LogP contribution in [0.1, 0.15) is 19.8 Å². The molecular formula is C14H21NO3S. The number of amides is 1. The molecule has 0 fully saturated rings. The van der Waals surface area contributed by atoms with Crippen molar-refractivity contribution in [1.82, 2.24) is 0 Å². The van der Waals surface area contributed by atoms with E-state index in [-0.39, 0.29) is 5.91 Å². The van der Waals surface area contributed by atoms with Gasteiger partial charge in [0.25, 0.3) is 0 Å². The summed E-state index contributed by atoms with van der Waals surface area (Å²) in [6, 6.07) is 5.33. The number of ether oxygens (including phenoxy) is 2. The largest absolute Gasteiger partial charge is 0.497 e. The highest BCUT2D eigenvalue weighted by Gasteiger charge is 2.09. The smallest absolute Gasteiger partial charge is 0.234 e. The molecule has 0 bridgehead atoms. The van der Waals surface area contributed by atoms with Crippen LogP contribution < -0.4 is 14.8 Å². The fraction of sp³-hybridized carbons (Fsp3) is 0.500. The lowest BCUT2D eigenvalue weighted by molar-refractivity contribution is -0.113. The first-order chi connectivity index (χ1) is 9.21. The fourth-order valence-electron chi connectivity index (χ4n) is 1.51. The van der Waals surface area contributed by atoms with Gasteiger partial charge in [0.1, 0.15) is 11.5 Å². The SMILES string of the molecule is CCCCSCC(=O)Nc1cc(OC)ccc1OC. The predicted molar refractivity (Wildman–Crippen MR) is 80.4 cm³/mol. The molecule has 0 unspecified atom stereocenters. The molecule has 0 radical (unpaired) electrons. The number of carbonyl (C=O) groups excluding carboxylic acids is 1. The molecule has 0 spiro atoms. The third-order valence-corrected chi connectivity index (χ3v) is 3.60. The van der Waals surface area contributed by atoms with E-state index in [1.165, 1.54) is 0 Å². The van der Waals surface area contributed by atoms with Crippen molar-refractivity contribution in [1.29, 1.82) is 0 Å². The van der Waals surface area contributed by atoms with Gasteiger partial charge in [0, 0.05) is 6.07 Å². The second kappa shape index (κ2) is 8.69. The summed E-state index contributed by atoms with van der Waals surface area (Å²) in [7, 11) is 3.17. The Bertz CT molecular complexity index is 410. The van der Waals surface area contributed by atoms with Crippen LogP contribution in [0.5, 0.6) is 11.5 Å². The molecule has 1 amide bonds. The Morgan fingerprint density at radius 1 is 1.32 bits per heavy atom. The van der Waals surface area contributed by atoms with Gasteiger partial charge >= 0.3 is 0 Å². The van der Waals surface area contributed by atoms with Crippen molar-refractivity contribution in [2.45, 2.75) is 19.8 Å². The maximum Gasteiger partial charge on any atom is 0.234 e. The number of nitrogens with one attached hydrogen (secondary N) is 1. The van der Waals surface area contributed by atoms with E-state index in [0.29, 0.717) is 22.9 Å². The van der Waals surface area contributed by atoms with E-state index >= 15 is 0 Å². The quantitative estimate of drug-likeness (QED) is 0.744. The van der Waals surface area contributed by atoms with Crippen LogP contribution >= 0.6 is 11.8 Å². The number of anilines is 1. The second-order valence-electron chi connectivity index (χ2n) is 4.02. The van der Waals surface area contributed by atoms with Gasteiger partial charge in [0.2, 0.25) is 5.91 Å². The van der Waals surface area contributed by atoms with Crippen LogP contribution in [-0.2, 0) is 4.79 Å². The zero-order chi connectivity index (χ0) is 14.1. The highest BCUT2D eigenvalue weighted by Crippen LogP contribution is 2.28. The third-order valence-electron chi connectivity index (χ3n) is 2.56. The van der Waals surface area contributed by atoms with Gasteiger partial charge in [-0.05, 0) is 24.3 Å². The Balaban J connectivity index is 2.56. The fourth-order valence-corrected chi connectivity index (χ4v) is 2.40. The van der Waals surface area contributed by atoms with Crippen molar-refractivity contribution in [3.8, 4) is 11.5 Å². The van der Waals surface area contributed by atoms with Crippen LogP contribution in [0.2, 0.25) is 0 Å². The highest BCUT2D eigenvalue weighted by atomic mass is 32.2. The molecule has 0 aliphatic heterocycles. The molecule has 0 saturated heterocycles. The van der Waals surface area contributed by atoms with Crippen LogP contribution in [0.25, 0.3) is 0 Å². The Kier molecular flexibility index (Phi) is 7.18. The van der Waals surface area contributed by atoms with Gasteiger partial charge in [-0.15, -0.1) is 0 Å². The van der Waals surface area contributed by atoms with E-state index < -0.39 is 0 Å². The van der Waals surface area contributed by atoms with Gasteiger partial charge in [-0.3, -0.25) is 4.79 Å². The first kappa shape index (κ1) is 15.7. The Labute approximate surface area is 118 Å². The Morgan fingerprint density at radius 3 is 2.74 bits per heavy atom. The monoisotopic (exact) mass is 283 g/mol. The van der Waals surface area contributed by atoms with Gasteiger partial charge < -0.3 is 14.8 Å². The van der Waals surface area contributed by atoms with Crippen LogP contribution in [0.4, 0.5) is 5.69 Å². The van der Waals surface area contributed by atoms with Gasteiger partial charge in [-0.2, -0.15) is 11.8 Å². The molecule has 4 nitrogen and oxygen atoms in total. The molecule has 5 heteroatoms. The number of rotatable bonds is 8. The van der Waals surface area contributed by atoms with Crippen LogP contribution in [0.3, 0.4) is 0 Å². The van der Waals surface area contributed by atoms with E-state index in [2.05, 4.69) is 12.2 Å². The molecule has 0 aliphatic carbocycles. The lowest BCUT2D eigenvalue weighted by Gasteiger charge is -2.11. The number of carbonyl (C=O) groups is 1. The minimum Gasteiger partial charge on any atom is -0.497 e. The molecule has 106 valence electrons. The minimum absolute atomic E-state index is 0.0207. The van der Waals surface area contributed by atoms with Crippen molar-refractivity contribution in [3.05, 3.63) is 18.2 Å². The maximum atomic E-state index is 11.8. The topological polar surface area (TPSA) is 47.6 Å². The van der Waals surface area contributed by atoms with Gasteiger partial charge in [-0.25, -0.2) is 0 Å². The normalized spacial score (nSPS) is 10.1. The second-order valence-corrected chi connectivity index (χ2v) is 5.13. The summed E-state index contributed by atoms with van der Waals surface area (Å²) < 4.78 is 10.3. The van der Waals surface area contributed by atoms with Crippen molar-refractivity contribution in [2.75, 3.05) is 31.0 Å². The number of hydrogen-bond acceptors (Lipinski definition) is 4. The van der Waals surface area contributed by atoms with E-state index in [9.17, 15) is 4.79 Å². The number of methoxy groups -OCH3 is 2. The first-order valence-corrected chi connectivity index (χ1v) is 7.46. The summed E-state index contributed by atoms with van der Waals surface area (Å²) >= 11 is 1.64. The lowest BCUT2D eigenvalue weighted by Crippen LogP contribution is -2.15. The molecule has 0 aliphatic rings. The first-order valence-electron chi connectivity index (χ1n) is 6.30. The van der Waals surface area contributed by atoms with Crippen LogP contribution in [0, 0.1) is 0 Å². The van der Waals surface area contributed by atoms with Gasteiger partial charge in [0.05, 0.1) is 25.7 Å². The van der Waals surface area contributed by atoms with Crippen molar-refractivity contribution in [3.63, 3.8) is 0 Å². The molecule has 0 aromatic heterocycles. The molecule has 1 aromatic carbocycles. The molecule has 1 rings (SSSR count). The van der Waals surface area contributed by atoms with Gasteiger partial charge in [-0.1, -0.05) is 13.3 Å². The van der Waals surface area contributed by atoms with E-state index in [1.807, 2.05) is 0 Å². The third kappa shape index (κ3) is 5.42. The van der Waals surface area contributed by atoms with Crippen molar-refractivity contribution in [2.24, 2.45) is 0 Å². The number of thioether (sulfide) groups is 1. The Hall–Kier alpha value is -1.36. The zero-order valence-corrected chi connectivity index (χ0v) is 12.5. The molecule has 1 aromatic rings. The number of hydrogen-bond donors (Lipinski definition) is 1. The molecule has 0 heterocycles. The van der Waals surface area contributed by atoms with Crippen molar-refractivity contribution >= 4 is 23.4 Å². The summed E-state index contributed by atoms with van der Waals surface area (Å²) in [5.74, 6) is 2.77. The van der Waals surface area contributed by atoms with E-state index in [0.717, 1.165) is 18.6 Å². The summed E-state index contributed by atoms with van der Waals surface area (Å²) in [4.78, 5) is 11.8. The van der Waals surface area contributed by atoms with E-state index in [1.54, 1.807) is 44.2 Å². The summed E-state index contributed by atoms with van der Waals surface area (Å²) in [5, 5.41) is 2.85. The maximum absolute atomic E-state index is 11.8. The Morgan fingerprint density at radius 2 is 2.11 bits per heavy atom. The average molecular weight is 283 g/mol.